The molecule has 0 aromatic carbocycles. The third-order valence-corrected chi connectivity index (χ3v) is 4.94. The van der Waals surface area contributed by atoms with Gasteiger partial charge in [-0.25, -0.2) is 4.99 Å². The number of piperidine rings is 1. The lowest BCUT2D eigenvalue weighted by Crippen LogP contribution is -2.48. The Kier molecular flexibility index (Phi) is 8.79. The van der Waals surface area contributed by atoms with Crippen molar-refractivity contribution in [2.75, 3.05) is 19.6 Å². The highest BCUT2D eigenvalue weighted by Crippen LogP contribution is 2.15. The van der Waals surface area contributed by atoms with Crippen LogP contribution in [0.2, 0.25) is 0 Å². The number of nitrogens with zero attached hydrogens (tertiary/aromatic N) is 4. The van der Waals surface area contributed by atoms with Gasteiger partial charge in [-0.15, -0.1) is 24.0 Å². The van der Waals surface area contributed by atoms with Crippen molar-refractivity contribution in [1.82, 2.24) is 25.7 Å². The van der Waals surface area contributed by atoms with Gasteiger partial charge in [-0.3, -0.25) is 4.90 Å². The molecule has 0 amide bonds. The third kappa shape index (κ3) is 6.51. The number of guanidine groups is 1. The summed E-state index contributed by atoms with van der Waals surface area (Å²) in [5.41, 5.74) is 1.42. The SMILES string of the molecule is CCNC(=NCc1noc(C)n1)NC1CCN(Cc2ccsc2)CC1.I. The number of aliphatic imine (C=N–C) groups is 1. The summed E-state index contributed by atoms with van der Waals surface area (Å²) in [6, 6.07) is 2.66. The summed E-state index contributed by atoms with van der Waals surface area (Å²) < 4.78 is 4.99. The van der Waals surface area contributed by atoms with Gasteiger partial charge in [0.2, 0.25) is 5.89 Å². The van der Waals surface area contributed by atoms with Gasteiger partial charge in [0.05, 0.1) is 0 Å². The Hall–Kier alpha value is -1.20. The molecule has 0 bridgehead atoms. The molecular weight excluding hydrogens is 463 g/mol. The summed E-state index contributed by atoms with van der Waals surface area (Å²) in [6.45, 7) is 8.37. The van der Waals surface area contributed by atoms with Crippen molar-refractivity contribution >= 4 is 41.3 Å². The van der Waals surface area contributed by atoms with E-state index in [1.54, 1.807) is 18.3 Å². The Morgan fingerprint density at radius 2 is 2.23 bits per heavy atom. The van der Waals surface area contributed by atoms with Crippen LogP contribution in [0.1, 0.15) is 37.0 Å². The molecule has 3 rings (SSSR count). The number of likely N-dealkylation sites (tertiary alicyclic amines) is 1. The first-order valence-electron chi connectivity index (χ1n) is 8.80. The average Bonchev–Trinajstić information content (AvgIpc) is 3.26. The van der Waals surface area contributed by atoms with E-state index in [1.165, 1.54) is 5.56 Å². The van der Waals surface area contributed by atoms with E-state index >= 15 is 0 Å². The van der Waals surface area contributed by atoms with Crippen molar-refractivity contribution in [3.8, 4) is 0 Å². The molecule has 1 aliphatic heterocycles. The fraction of sp³-hybridized carbons (Fsp3) is 0.588. The number of hydrogen-bond donors (Lipinski definition) is 2. The minimum atomic E-state index is 0. The maximum absolute atomic E-state index is 4.99. The molecule has 0 aliphatic carbocycles. The van der Waals surface area contributed by atoms with Crippen LogP contribution in [0.3, 0.4) is 0 Å². The Labute approximate surface area is 175 Å². The number of aryl methyl sites for hydroxylation is 1. The first-order valence-corrected chi connectivity index (χ1v) is 9.74. The second kappa shape index (κ2) is 10.8. The van der Waals surface area contributed by atoms with Crippen molar-refractivity contribution in [2.24, 2.45) is 4.99 Å². The van der Waals surface area contributed by atoms with E-state index < -0.39 is 0 Å². The first-order chi connectivity index (χ1) is 12.2. The zero-order chi connectivity index (χ0) is 17.5. The van der Waals surface area contributed by atoms with Crippen LogP contribution in [0.4, 0.5) is 0 Å². The van der Waals surface area contributed by atoms with Crippen LogP contribution in [-0.4, -0.2) is 46.7 Å². The van der Waals surface area contributed by atoms with Crippen molar-refractivity contribution in [2.45, 2.75) is 45.8 Å². The average molecular weight is 490 g/mol. The smallest absolute Gasteiger partial charge is 0.223 e. The highest BCUT2D eigenvalue weighted by atomic mass is 127. The van der Waals surface area contributed by atoms with Gasteiger partial charge in [0, 0.05) is 39.1 Å². The maximum Gasteiger partial charge on any atom is 0.223 e. The lowest BCUT2D eigenvalue weighted by molar-refractivity contribution is 0.198. The second-order valence-corrected chi connectivity index (χ2v) is 7.03. The summed E-state index contributed by atoms with van der Waals surface area (Å²) >= 11 is 1.77. The van der Waals surface area contributed by atoms with Gasteiger partial charge in [-0.1, -0.05) is 5.16 Å². The number of halogens is 1. The van der Waals surface area contributed by atoms with Gasteiger partial charge in [-0.05, 0) is 42.2 Å². The zero-order valence-corrected chi connectivity index (χ0v) is 18.4. The quantitative estimate of drug-likeness (QED) is 0.369. The topological polar surface area (TPSA) is 78.6 Å². The van der Waals surface area contributed by atoms with E-state index in [4.69, 9.17) is 4.52 Å². The largest absolute Gasteiger partial charge is 0.357 e. The monoisotopic (exact) mass is 490 g/mol. The van der Waals surface area contributed by atoms with E-state index in [0.717, 1.165) is 45.0 Å². The van der Waals surface area contributed by atoms with Crippen molar-refractivity contribution in [1.29, 1.82) is 0 Å². The highest BCUT2D eigenvalue weighted by Gasteiger charge is 2.20. The molecule has 3 heterocycles. The van der Waals surface area contributed by atoms with Crippen LogP contribution in [0.25, 0.3) is 0 Å². The molecule has 1 fully saturated rings. The molecule has 1 saturated heterocycles. The molecule has 1 aliphatic rings. The van der Waals surface area contributed by atoms with Gasteiger partial charge in [0.1, 0.15) is 6.54 Å². The number of hydrogen-bond acceptors (Lipinski definition) is 6. The van der Waals surface area contributed by atoms with Gasteiger partial charge < -0.3 is 15.2 Å². The molecule has 26 heavy (non-hydrogen) atoms. The van der Waals surface area contributed by atoms with Gasteiger partial charge in [0.15, 0.2) is 11.8 Å². The van der Waals surface area contributed by atoms with E-state index in [0.29, 0.717) is 24.3 Å². The summed E-state index contributed by atoms with van der Waals surface area (Å²) in [7, 11) is 0. The van der Waals surface area contributed by atoms with Gasteiger partial charge in [-0.2, -0.15) is 16.3 Å². The van der Waals surface area contributed by atoms with Crippen LogP contribution >= 0.6 is 35.3 Å². The van der Waals surface area contributed by atoms with E-state index in [-0.39, 0.29) is 24.0 Å². The Balaban J connectivity index is 0.00000243. The van der Waals surface area contributed by atoms with Crippen molar-refractivity contribution in [3.63, 3.8) is 0 Å². The van der Waals surface area contributed by atoms with Crippen LogP contribution in [0, 0.1) is 6.92 Å². The summed E-state index contributed by atoms with van der Waals surface area (Å²) in [5, 5.41) is 15.1. The molecular formula is C17H27IN6OS. The molecule has 7 nitrogen and oxygen atoms in total. The van der Waals surface area contributed by atoms with E-state index in [1.807, 2.05) is 0 Å². The van der Waals surface area contributed by atoms with Crippen molar-refractivity contribution < 1.29 is 4.52 Å². The molecule has 9 heteroatoms. The summed E-state index contributed by atoms with van der Waals surface area (Å²) in [4.78, 5) is 11.3. The van der Waals surface area contributed by atoms with Crippen LogP contribution in [-0.2, 0) is 13.1 Å². The maximum atomic E-state index is 4.99. The number of nitrogens with one attached hydrogen (secondary N) is 2. The predicted octanol–water partition coefficient (Wildman–Crippen LogP) is 2.78. The Morgan fingerprint density at radius 1 is 1.42 bits per heavy atom. The molecule has 2 aromatic heterocycles. The standard InChI is InChI=1S/C17H26N6OS.HI/c1-3-18-17(19-10-16-20-13(2)24-22-16)21-15-4-7-23(8-5-15)11-14-6-9-25-12-14;/h6,9,12,15H,3-5,7-8,10-11H2,1-2H3,(H2,18,19,21);1H. The minimum Gasteiger partial charge on any atom is -0.357 e. The second-order valence-electron chi connectivity index (χ2n) is 6.25. The Morgan fingerprint density at radius 3 is 2.85 bits per heavy atom. The number of rotatable bonds is 6. The molecule has 144 valence electrons. The van der Waals surface area contributed by atoms with Gasteiger partial charge >= 0.3 is 0 Å². The molecule has 2 N–H and O–H groups in total. The highest BCUT2D eigenvalue weighted by molar-refractivity contribution is 14.0. The fourth-order valence-electron chi connectivity index (χ4n) is 2.94. The van der Waals surface area contributed by atoms with Crippen molar-refractivity contribution in [3.05, 3.63) is 34.1 Å². The van der Waals surface area contributed by atoms with E-state index in [2.05, 4.69) is 54.4 Å². The fourth-order valence-corrected chi connectivity index (χ4v) is 3.60. The molecule has 2 aromatic rings. The first kappa shape index (κ1) is 21.1. The number of aromatic nitrogens is 2. The summed E-state index contributed by atoms with van der Waals surface area (Å²) in [5.74, 6) is 2.00. The molecule has 0 radical (unpaired) electrons. The normalized spacial score (nSPS) is 16.3. The molecule has 0 atom stereocenters. The lowest BCUT2D eigenvalue weighted by atomic mass is 10.0. The summed E-state index contributed by atoms with van der Waals surface area (Å²) in [6.07, 6.45) is 2.24. The van der Waals surface area contributed by atoms with Crippen LogP contribution in [0.5, 0.6) is 0 Å². The Bertz CT molecular complexity index is 667. The number of thiophene rings is 1. The minimum absolute atomic E-state index is 0. The predicted molar refractivity (Wildman–Crippen MR) is 115 cm³/mol. The molecule has 0 saturated carbocycles. The molecule has 0 spiro atoms. The zero-order valence-electron chi connectivity index (χ0n) is 15.3. The third-order valence-electron chi connectivity index (χ3n) is 4.21. The van der Waals surface area contributed by atoms with Crippen LogP contribution < -0.4 is 10.6 Å². The van der Waals surface area contributed by atoms with E-state index in [9.17, 15) is 0 Å². The van der Waals surface area contributed by atoms with Crippen LogP contribution in [0.15, 0.2) is 26.3 Å². The lowest BCUT2D eigenvalue weighted by Gasteiger charge is -2.32. The molecule has 0 unspecified atom stereocenters. The van der Waals surface area contributed by atoms with Gasteiger partial charge in [0.25, 0.3) is 0 Å².